The minimum absolute atomic E-state index is 0.0102. The van der Waals surface area contributed by atoms with Crippen molar-refractivity contribution in [3.63, 3.8) is 0 Å². The zero-order valence-electron chi connectivity index (χ0n) is 23.1. The number of ether oxygens (including phenoxy) is 1. The highest BCUT2D eigenvalue weighted by Crippen LogP contribution is 2.70. The van der Waals surface area contributed by atoms with E-state index in [9.17, 15) is 9.36 Å². The Morgan fingerprint density at radius 1 is 1.05 bits per heavy atom. The number of ketones is 1. The second-order valence-electron chi connectivity index (χ2n) is 12.0. The molecule has 0 radical (unpaired) electrons. The molecule has 1 aliphatic heterocycles. The standard InChI is InChI=1S/C32H41O5P/c1-5-36-38(34,37-6-2)25-11-7-22(8-12-25)28-20-31(4)29(15-17-32(31)21(3)16-18-35-32)27-13-9-23-19-24(33)10-14-26(23)30(27)28/h7-8,11-12,19,27-29H,3,5-6,9-10,13-18,20H2,1-2,4H3/t27-,28+,29-,31-,32+/m0/s1. The van der Waals surface area contributed by atoms with Crippen LogP contribution in [0.2, 0.25) is 0 Å². The lowest BCUT2D eigenvalue weighted by atomic mass is 9.50. The van der Waals surface area contributed by atoms with Crippen molar-refractivity contribution in [2.45, 2.75) is 83.7 Å². The summed E-state index contributed by atoms with van der Waals surface area (Å²) < 4.78 is 31.3. The highest BCUT2D eigenvalue weighted by atomic mass is 31.2. The maximum absolute atomic E-state index is 13.4. The van der Waals surface area contributed by atoms with Crippen molar-refractivity contribution in [3.8, 4) is 0 Å². The molecule has 5 nitrogen and oxygen atoms in total. The van der Waals surface area contributed by atoms with Crippen LogP contribution in [0.5, 0.6) is 0 Å². The largest absolute Gasteiger partial charge is 0.370 e. The fourth-order valence-corrected chi connectivity index (χ4v) is 10.4. The lowest BCUT2D eigenvalue weighted by Gasteiger charge is -2.55. The number of benzene rings is 1. The van der Waals surface area contributed by atoms with Gasteiger partial charge in [-0.15, -0.1) is 0 Å². The zero-order valence-corrected chi connectivity index (χ0v) is 24.0. The molecule has 1 aromatic rings. The van der Waals surface area contributed by atoms with Gasteiger partial charge in [0.25, 0.3) is 0 Å². The number of carbonyl (C=O) groups is 1. The number of hydrogen-bond acceptors (Lipinski definition) is 5. The van der Waals surface area contributed by atoms with Crippen molar-refractivity contribution in [1.29, 1.82) is 0 Å². The molecule has 0 unspecified atom stereocenters. The molecular weight excluding hydrogens is 495 g/mol. The van der Waals surface area contributed by atoms with Gasteiger partial charge in [-0.2, -0.15) is 0 Å². The van der Waals surface area contributed by atoms with Crippen LogP contribution < -0.4 is 5.30 Å². The Labute approximate surface area is 227 Å². The molecule has 38 heavy (non-hydrogen) atoms. The Balaban J connectivity index is 1.46. The number of allylic oxidation sites excluding steroid dienone is 4. The minimum atomic E-state index is -3.34. The molecule has 0 N–H and O–H groups in total. The summed E-state index contributed by atoms with van der Waals surface area (Å²) in [6.45, 7) is 12.1. The number of fused-ring (bicyclic) bond motifs is 5. The summed E-state index contributed by atoms with van der Waals surface area (Å²) in [5.74, 6) is 1.55. The van der Waals surface area contributed by atoms with E-state index in [-0.39, 0.29) is 22.7 Å². The van der Waals surface area contributed by atoms with E-state index in [1.54, 1.807) is 5.57 Å². The smallest absolute Gasteiger partial charge is 0.361 e. The summed E-state index contributed by atoms with van der Waals surface area (Å²) in [5, 5.41) is 0.608. The Bertz CT molecular complexity index is 1250. The van der Waals surface area contributed by atoms with Crippen LogP contribution in [0.15, 0.2) is 59.2 Å². The van der Waals surface area contributed by atoms with Crippen LogP contribution >= 0.6 is 7.60 Å². The van der Waals surface area contributed by atoms with Gasteiger partial charge in [-0.25, -0.2) is 0 Å². The molecule has 1 heterocycles. The SMILES string of the molecule is C=C1CCO[C@]12CC[C@H]1[C@@H]3CCC4=CC(=O)CCC4=C3[C@@H](c3ccc(P(=O)(OCC)OCC)cc3)C[C@@]12C. The predicted octanol–water partition coefficient (Wildman–Crippen LogP) is 7.19. The summed E-state index contributed by atoms with van der Waals surface area (Å²) >= 11 is 0. The molecular formula is C32H41O5P. The number of hydrogen-bond donors (Lipinski definition) is 0. The van der Waals surface area contributed by atoms with Crippen molar-refractivity contribution in [2.24, 2.45) is 17.3 Å². The van der Waals surface area contributed by atoms with Crippen molar-refractivity contribution in [3.05, 3.63) is 64.8 Å². The molecule has 5 aliphatic rings. The highest BCUT2D eigenvalue weighted by molar-refractivity contribution is 7.62. The Hall–Kier alpha value is -1.78. The van der Waals surface area contributed by atoms with Crippen LogP contribution in [0.1, 0.15) is 83.6 Å². The molecule has 1 aromatic carbocycles. The van der Waals surface area contributed by atoms with Crippen LogP contribution in [-0.2, 0) is 23.1 Å². The average Bonchev–Trinajstić information content (AvgIpc) is 3.43. The first kappa shape index (κ1) is 26.4. The average molecular weight is 537 g/mol. The first-order valence-corrected chi connectivity index (χ1v) is 16.1. The maximum atomic E-state index is 13.4. The molecule has 0 aromatic heterocycles. The van der Waals surface area contributed by atoms with Crippen LogP contribution in [0, 0.1) is 17.3 Å². The molecule has 6 heteroatoms. The van der Waals surface area contributed by atoms with Gasteiger partial charge in [-0.05, 0) is 111 Å². The van der Waals surface area contributed by atoms with Gasteiger partial charge in [-0.1, -0.05) is 31.2 Å². The fourth-order valence-electron chi connectivity index (χ4n) is 8.83. The fraction of sp³-hybridized carbons (Fsp3) is 0.594. The van der Waals surface area contributed by atoms with E-state index in [1.807, 2.05) is 32.1 Å². The van der Waals surface area contributed by atoms with Gasteiger partial charge in [0.15, 0.2) is 5.78 Å². The van der Waals surface area contributed by atoms with Gasteiger partial charge in [0.2, 0.25) is 0 Å². The zero-order chi connectivity index (χ0) is 26.7. The first-order valence-electron chi connectivity index (χ1n) is 14.5. The van der Waals surface area contributed by atoms with Gasteiger partial charge in [0, 0.05) is 17.8 Å². The molecule has 5 atom stereocenters. The van der Waals surface area contributed by atoms with E-state index in [2.05, 4.69) is 25.6 Å². The van der Waals surface area contributed by atoms with E-state index in [0.717, 1.165) is 45.1 Å². The first-order chi connectivity index (χ1) is 18.3. The highest BCUT2D eigenvalue weighted by Gasteiger charge is 2.65. The predicted molar refractivity (Wildman–Crippen MR) is 150 cm³/mol. The van der Waals surface area contributed by atoms with E-state index >= 15 is 0 Å². The second-order valence-corrected chi connectivity index (χ2v) is 14.0. The van der Waals surface area contributed by atoms with E-state index in [4.69, 9.17) is 13.8 Å². The Kier molecular flexibility index (Phi) is 6.75. The van der Waals surface area contributed by atoms with Crippen LogP contribution in [0.25, 0.3) is 0 Å². The molecule has 0 amide bonds. The maximum Gasteiger partial charge on any atom is 0.361 e. The van der Waals surface area contributed by atoms with Crippen LogP contribution in [0.3, 0.4) is 0 Å². The molecule has 2 saturated carbocycles. The summed E-state index contributed by atoms with van der Waals surface area (Å²) in [7, 11) is -3.34. The number of rotatable bonds is 6. The summed E-state index contributed by atoms with van der Waals surface area (Å²) in [4.78, 5) is 12.3. The van der Waals surface area contributed by atoms with Gasteiger partial charge < -0.3 is 13.8 Å². The molecule has 1 spiro atoms. The van der Waals surface area contributed by atoms with E-state index in [1.165, 1.54) is 28.7 Å². The molecule has 4 aliphatic carbocycles. The van der Waals surface area contributed by atoms with Crippen molar-refractivity contribution < 1.29 is 23.1 Å². The van der Waals surface area contributed by atoms with Crippen molar-refractivity contribution >= 4 is 18.7 Å². The molecule has 0 bridgehead atoms. The molecule has 204 valence electrons. The van der Waals surface area contributed by atoms with E-state index in [0.29, 0.717) is 36.8 Å². The third kappa shape index (κ3) is 3.84. The normalized spacial score (nSPS) is 34.8. The van der Waals surface area contributed by atoms with Crippen LogP contribution in [-0.4, -0.2) is 31.2 Å². The lowest BCUT2D eigenvalue weighted by Crippen LogP contribution is -2.52. The van der Waals surface area contributed by atoms with Crippen LogP contribution in [0.4, 0.5) is 0 Å². The van der Waals surface area contributed by atoms with E-state index < -0.39 is 7.60 Å². The Morgan fingerprint density at radius 2 is 1.79 bits per heavy atom. The van der Waals surface area contributed by atoms with Gasteiger partial charge >= 0.3 is 7.60 Å². The minimum Gasteiger partial charge on any atom is -0.370 e. The Morgan fingerprint density at radius 3 is 2.45 bits per heavy atom. The molecule has 3 fully saturated rings. The monoisotopic (exact) mass is 536 g/mol. The lowest BCUT2D eigenvalue weighted by molar-refractivity contribution is -0.114. The summed E-state index contributed by atoms with van der Waals surface area (Å²) in [5.41, 5.74) is 6.57. The molecule has 6 rings (SSSR count). The summed E-state index contributed by atoms with van der Waals surface area (Å²) in [6.07, 6.45) is 9.67. The number of carbonyl (C=O) groups excluding carboxylic acids is 1. The van der Waals surface area contributed by atoms with Gasteiger partial charge in [0.1, 0.15) is 0 Å². The third-order valence-corrected chi connectivity index (χ3v) is 12.5. The third-order valence-electron chi connectivity index (χ3n) is 10.4. The van der Waals surface area contributed by atoms with Crippen molar-refractivity contribution in [2.75, 3.05) is 19.8 Å². The second kappa shape index (κ2) is 9.70. The van der Waals surface area contributed by atoms with Gasteiger partial charge in [0.05, 0.1) is 30.7 Å². The van der Waals surface area contributed by atoms with Gasteiger partial charge in [-0.3, -0.25) is 9.36 Å². The topological polar surface area (TPSA) is 61.8 Å². The quantitative estimate of drug-likeness (QED) is 0.284. The molecule has 1 saturated heterocycles. The van der Waals surface area contributed by atoms with Crippen molar-refractivity contribution in [1.82, 2.24) is 0 Å². The summed E-state index contributed by atoms with van der Waals surface area (Å²) in [6, 6.07) is 8.15.